The quantitative estimate of drug-likeness (QED) is 0.634. The van der Waals surface area contributed by atoms with Crippen LogP contribution in [0.25, 0.3) is 0 Å². The van der Waals surface area contributed by atoms with Crippen LogP contribution in [0.2, 0.25) is 0 Å². The Morgan fingerprint density at radius 3 is 2.39 bits per heavy atom. The van der Waals surface area contributed by atoms with Gasteiger partial charge in [0, 0.05) is 57.7 Å². The van der Waals surface area contributed by atoms with Crippen molar-refractivity contribution >= 4 is 11.6 Å². The van der Waals surface area contributed by atoms with Crippen molar-refractivity contribution < 1.29 is 4.39 Å². The number of nitrogens with zero attached hydrogens (tertiary/aromatic N) is 5. The van der Waals surface area contributed by atoms with Crippen LogP contribution in [0.1, 0.15) is 23.9 Å². The lowest BCUT2D eigenvalue weighted by atomic mass is 10.1. The highest BCUT2D eigenvalue weighted by Crippen LogP contribution is 2.17. The van der Waals surface area contributed by atoms with Crippen molar-refractivity contribution in [3.8, 4) is 0 Å². The molecule has 0 saturated carbocycles. The predicted molar refractivity (Wildman–Crippen MR) is 113 cm³/mol. The van der Waals surface area contributed by atoms with Crippen molar-refractivity contribution in [2.24, 2.45) is 12.0 Å². The molecule has 3 rings (SSSR count). The number of hydrogen-bond acceptors (Lipinski definition) is 3. The molecule has 1 aromatic carbocycles. The summed E-state index contributed by atoms with van der Waals surface area (Å²) in [5, 5.41) is 7.91. The predicted octanol–water partition coefficient (Wildman–Crippen LogP) is 2.51. The Morgan fingerprint density at radius 2 is 1.82 bits per heavy atom. The summed E-state index contributed by atoms with van der Waals surface area (Å²) in [6.45, 7) is 11.5. The molecule has 0 aliphatic carbocycles. The van der Waals surface area contributed by atoms with E-state index < -0.39 is 0 Å². The lowest BCUT2D eigenvalue weighted by Crippen LogP contribution is -2.52. The molecular formula is C21H31FN6. The van der Waals surface area contributed by atoms with Crippen molar-refractivity contribution in [2.45, 2.75) is 27.2 Å². The molecule has 1 N–H and O–H groups in total. The largest absolute Gasteiger partial charge is 0.368 e. The summed E-state index contributed by atoms with van der Waals surface area (Å²) in [7, 11) is 1.99. The van der Waals surface area contributed by atoms with Crippen molar-refractivity contribution in [2.75, 3.05) is 44.2 Å². The third-order valence-corrected chi connectivity index (χ3v) is 5.39. The number of halogens is 1. The highest BCUT2D eigenvalue weighted by molar-refractivity contribution is 5.80. The molecule has 6 nitrogen and oxygen atoms in total. The van der Waals surface area contributed by atoms with Gasteiger partial charge in [-0.25, -0.2) is 4.39 Å². The molecule has 7 heteroatoms. The van der Waals surface area contributed by atoms with Crippen molar-refractivity contribution in [3.63, 3.8) is 0 Å². The number of aromatic nitrogens is 2. The van der Waals surface area contributed by atoms with E-state index in [1.165, 1.54) is 23.4 Å². The first-order valence-corrected chi connectivity index (χ1v) is 10.0. The van der Waals surface area contributed by atoms with Crippen LogP contribution in [0.15, 0.2) is 29.3 Å². The van der Waals surface area contributed by atoms with E-state index >= 15 is 0 Å². The SMILES string of the molecule is CCNC(=NCCc1c(C)nn(C)c1C)N1CCN(c2ccc(F)cc2)CC1. The topological polar surface area (TPSA) is 48.7 Å². The van der Waals surface area contributed by atoms with E-state index in [0.717, 1.165) is 63.0 Å². The maximum absolute atomic E-state index is 13.1. The fraction of sp³-hybridized carbons (Fsp3) is 0.524. The van der Waals surface area contributed by atoms with Gasteiger partial charge in [-0.1, -0.05) is 0 Å². The van der Waals surface area contributed by atoms with Crippen LogP contribution >= 0.6 is 0 Å². The van der Waals surface area contributed by atoms with Crippen LogP contribution in [0.5, 0.6) is 0 Å². The van der Waals surface area contributed by atoms with E-state index in [2.05, 4.69) is 41.0 Å². The normalized spacial score (nSPS) is 15.2. The van der Waals surface area contributed by atoms with E-state index in [1.807, 2.05) is 23.9 Å². The summed E-state index contributed by atoms with van der Waals surface area (Å²) in [6, 6.07) is 6.75. The number of anilines is 1. The zero-order chi connectivity index (χ0) is 20.1. The Labute approximate surface area is 167 Å². The maximum atomic E-state index is 13.1. The molecule has 1 saturated heterocycles. The highest BCUT2D eigenvalue weighted by atomic mass is 19.1. The molecule has 1 aliphatic heterocycles. The smallest absolute Gasteiger partial charge is 0.194 e. The van der Waals surface area contributed by atoms with Gasteiger partial charge in [0.05, 0.1) is 5.69 Å². The molecule has 0 spiro atoms. The molecule has 0 unspecified atom stereocenters. The Bertz CT molecular complexity index is 803. The lowest BCUT2D eigenvalue weighted by Gasteiger charge is -2.37. The molecule has 1 aliphatic rings. The van der Waals surface area contributed by atoms with Crippen molar-refractivity contribution in [3.05, 3.63) is 47.0 Å². The van der Waals surface area contributed by atoms with Gasteiger partial charge < -0.3 is 15.1 Å². The minimum Gasteiger partial charge on any atom is -0.368 e. The van der Waals surface area contributed by atoms with Crippen LogP contribution < -0.4 is 10.2 Å². The van der Waals surface area contributed by atoms with Gasteiger partial charge in [0.25, 0.3) is 0 Å². The number of guanidine groups is 1. The van der Waals surface area contributed by atoms with E-state index in [4.69, 9.17) is 4.99 Å². The molecule has 2 heterocycles. The number of rotatable bonds is 5. The van der Waals surface area contributed by atoms with E-state index in [1.54, 1.807) is 0 Å². The molecule has 0 amide bonds. The molecule has 0 atom stereocenters. The summed E-state index contributed by atoms with van der Waals surface area (Å²) in [5.74, 6) is 0.781. The van der Waals surface area contributed by atoms with Crippen LogP contribution in [0, 0.1) is 19.7 Å². The monoisotopic (exact) mass is 386 g/mol. The van der Waals surface area contributed by atoms with Crippen molar-refractivity contribution in [1.29, 1.82) is 0 Å². The number of hydrogen-bond donors (Lipinski definition) is 1. The van der Waals surface area contributed by atoms with Gasteiger partial charge in [0.2, 0.25) is 0 Å². The number of aryl methyl sites for hydroxylation is 2. The first-order valence-electron chi connectivity index (χ1n) is 10.0. The van der Waals surface area contributed by atoms with Gasteiger partial charge in [-0.3, -0.25) is 9.67 Å². The summed E-state index contributed by atoms with van der Waals surface area (Å²) in [4.78, 5) is 9.47. The number of benzene rings is 1. The van der Waals surface area contributed by atoms with Gasteiger partial charge in [-0.2, -0.15) is 5.10 Å². The summed E-state index contributed by atoms with van der Waals surface area (Å²) in [6.07, 6.45) is 0.899. The van der Waals surface area contributed by atoms with Crippen LogP contribution in [-0.4, -0.2) is 59.9 Å². The highest BCUT2D eigenvalue weighted by Gasteiger charge is 2.20. The Balaban J connectivity index is 1.59. The lowest BCUT2D eigenvalue weighted by molar-refractivity contribution is 0.372. The Hall–Kier alpha value is -2.57. The third kappa shape index (κ3) is 4.64. The molecule has 0 bridgehead atoms. The summed E-state index contributed by atoms with van der Waals surface area (Å²) >= 11 is 0. The fourth-order valence-corrected chi connectivity index (χ4v) is 3.71. The first-order chi connectivity index (χ1) is 13.5. The summed E-state index contributed by atoms with van der Waals surface area (Å²) in [5.41, 5.74) is 4.67. The molecule has 28 heavy (non-hydrogen) atoms. The van der Waals surface area contributed by atoms with Crippen LogP contribution in [0.3, 0.4) is 0 Å². The van der Waals surface area contributed by atoms with Gasteiger partial charge in [0.15, 0.2) is 5.96 Å². The minimum absolute atomic E-state index is 0.192. The first kappa shape index (κ1) is 20.2. The van der Waals surface area contributed by atoms with Gasteiger partial charge in [0.1, 0.15) is 5.82 Å². The molecule has 1 fully saturated rings. The van der Waals surface area contributed by atoms with Gasteiger partial charge in [-0.05, 0) is 57.0 Å². The van der Waals surface area contributed by atoms with E-state index in [0.29, 0.717) is 0 Å². The molecule has 1 aromatic heterocycles. The number of aliphatic imine (C=N–C) groups is 1. The average molecular weight is 387 g/mol. The molecule has 0 radical (unpaired) electrons. The second kappa shape index (κ2) is 9.08. The van der Waals surface area contributed by atoms with Gasteiger partial charge in [-0.15, -0.1) is 0 Å². The molecule has 2 aromatic rings. The van der Waals surface area contributed by atoms with E-state index in [9.17, 15) is 4.39 Å². The van der Waals surface area contributed by atoms with Gasteiger partial charge >= 0.3 is 0 Å². The fourth-order valence-electron chi connectivity index (χ4n) is 3.71. The minimum atomic E-state index is -0.192. The third-order valence-electron chi connectivity index (χ3n) is 5.39. The standard InChI is InChI=1S/C21H31FN6/c1-5-23-21(24-11-10-20-16(2)25-26(4)17(20)3)28-14-12-27(13-15-28)19-8-6-18(22)7-9-19/h6-9H,5,10-15H2,1-4H3,(H,23,24). The molecular weight excluding hydrogens is 355 g/mol. The Kier molecular flexibility index (Phi) is 6.54. The second-order valence-corrected chi connectivity index (χ2v) is 7.21. The number of nitrogens with one attached hydrogen (secondary N) is 1. The number of piperazine rings is 1. The van der Waals surface area contributed by atoms with E-state index in [-0.39, 0.29) is 5.82 Å². The second-order valence-electron chi connectivity index (χ2n) is 7.21. The Morgan fingerprint density at radius 1 is 1.14 bits per heavy atom. The summed E-state index contributed by atoms with van der Waals surface area (Å²) < 4.78 is 15.1. The zero-order valence-electron chi connectivity index (χ0n) is 17.4. The zero-order valence-corrected chi connectivity index (χ0v) is 17.4. The molecule has 152 valence electrons. The van der Waals surface area contributed by atoms with Crippen LogP contribution in [0.4, 0.5) is 10.1 Å². The van der Waals surface area contributed by atoms with Crippen LogP contribution in [-0.2, 0) is 13.5 Å². The maximum Gasteiger partial charge on any atom is 0.194 e. The van der Waals surface area contributed by atoms with Crippen molar-refractivity contribution in [1.82, 2.24) is 20.0 Å². The average Bonchev–Trinajstić information content (AvgIpc) is 2.94.